The number of hydrogen-bond donors (Lipinski definition) is 1. The molecule has 0 amide bonds. The minimum Gasteiger partial charge on any atom is -0.477 e. The number of alkyl halides is 3. The second-order valence-electron chi connectivity index (χ2n) is 5.90. The Kier molecular flexibility index (Phi) is 5.73. The van der Waals surface area contributed by atoms with Crippen LogP contribution in [0.5, 0.6) is 5.88 Å². The van der Waals surface area contributed by atoms with Crippen molar-refractivity contribution in [2.45, 2.75) is 18.0 Å². The molecule has 1 heterocycles. The van der Waals surface area contributed by atoms with Crippen molar-refractivity contribution in [2.75, 3.05) is 11.3 Å². The Labute approximate surface area is 165 Å². The maximum Gasteiger partial charge on any atom is 0.416 e. The highest BCUT2D eigenvalue weighted by molar-refractivity contribution is 7.92. The van der Waals surface area contributed by atoms with E-state index in [1.807, 2.05) is 6.92 Å². The number of benzene rings is 2. The fourth-order valence-electron chi connectivity index (χ4n) is 2.46. The zero-order valence-electron chi connectivity index (χ0n) is 15.1. The Balaban J connectivity index is 1.78. The number of hydrogen-bond acceptors (Lipinski definition) is 5. The summed E-state index contributed by atoms with van der Waals surface area (Å²) < 4.78 is 70.8. The highest BCUT2D eigenvalue weighted by atomic mass is 32.2. The maximum absolute atomic E-state index is 12.8. The third-order valence-corrected chi connectivity index (χ3v) is 5.22. The molecule has 3 aromatic rings. The standard InChI is InChI=1S/C19H16F3N3O3S/c1-2-28-18-11-10-17(23-24-18)13-6-8-15(9-7-13)25-29(26,27)16-5-3-4-14(12-16)19(20,21)22/h3-12,25H,2H2,1H3. The van der Waals surface area contributed by atoms with E-state index in [1.165, 1.54) is 12.1 Å². The Morgan fingerprint density at radius 1 is 1.00 bits per heavy atom. The van der Waals surface area contributed by atoms with E-state index in [1.54, 1.807) is 24.3 Å². The summed E-state index contributed by atoms with van der Waals surface area (Å²) in [4.78, 5) is -0.478. The first kappa shape index (κ1) is 20.6. The third kappa shape index (κ3) is 5.02. The number of rotatable bonds is 6. The molecule has 0 unspecified atom stereocenters. The number of ether oxygens (including phenoxy) is 1. The van der Waals surface area contributed by atoms with Gasteiger partial charge >= 0.3 is 6.18 Å². The molecule has 0 fully saturated rings. The van der Waals surface area contributed by atoms with Crippen LogP contribution in [0.25, 0.3) is 11.3 Å². The van der Waals surface area contributed by atoms with Gasteiger partial charge in [0.1, 0.15) is 0 Å². The SMILES string of the molecule is CCOc1ccc(-c2ccc(NS(=O)(=O)c3cccc(C(F)(F)F)c3)cc2)nn1. The van der Waals surface area contributed by atoms with Gasteiger partial charge in [-0.1, -0.05) is 18.2 Å². The first-order chi connectivity index (χ1) is 13.7. The van der Waals surface area contributed by atoms with E-state index in [2.05, 4.69) is 14.9 Å². The lowest BCUT2D eigenvalue weighted by molar-refractivity contribution is -0.137. The molecule has 1 aromatic heterocycles. The van der Waals surface area contributed by atoms with Crippen LogP contribution in [-0.2, 0) is 16.2 Å². The van der Waals surface area contributed by atoms with E-state index in [0.717, 1.165) is 18.2 Å². The second kappa shape index (κ2) is 8.08. The molecule has 0 bridgehead atoms. The highest BCUT2D eigenvalue weighted by Gasteiger charge is 2.31. The number of aromatic nitrogens is 2. The molecular formula is C19H16F3N3O3S. The van der Waals surface area contributed by atoms with Crippen molar-refractivity contribution in [3.05, 3.63) is 66.2 Å². The van der Waals surface area contributed by atoms with Crippen molar-refractivity contribution in [3.8, 4) is 17.1 Å². The van der Waals surface area contributed by atoms with Crippen molar-refractivity contribution in [3.63, 3.8) is 0 Å². The predicted molar refractivity (Wildman–Crippen MR) is 101 cm³/mol. The average Bonchev–Trinajstić information content (AvgIpc) is 2.69. The predicted octanol–water partition coefficient (Wildman–Crippen LogP) is 4.36. The van der Waals surface area contributed by atoms with Gasteiger partial charge in [0.15, 0.2) is 0 Å². The van der Waals surface area contributed by atoms with Gasteiger partial charge in [-0.3, -0.25) is 4.72 Å². The lowest BCUT2D eigenvalue weighted by Gasteiger charge is -2.11. The fraction of sp³-hybridized carbons (Fsp3) is 0.158. The van der Waals surface area contributed by atoms with Crippen molar-refractivity contribution in [1.29, 1.82) is 0 Å². The minimum atomic E-state index is -4.63. The van der Waals surface area contributed by atoms with Crippen molar-refractivity contribution in [2.24, 2.45) is 0 Å². The molecule has 29 heavy (non-hydrogen) atoms. The van der Waals surface area contributed by atoms with E-state index in [4.69, 9.17) is 4.74 Å². The Hall–Kier alpha value is -3.14. The molecule has 2 aromatic carbocycles. The lowest BCUT2D eigenvalue weighted by Crippen LogP contribution is -2.14. The molecule has 3 rings (SSSR count). The Bertz CT molecular complexity index is 1080. The number of nitrogens with zero attached hydrogens (tertiary/aromatic N) is 2. The third-order valence-electron chi connectivity index (χ3n) is 3.84. The smallest absolute Gasteiger partial charge is 0.416 e. The second-order valence-corrected chi connectivity index (χ2v) is 7.58. The van der Waals surface area contributed by atoms with Gasteiger partial charge in [0.2, 0.25) is 5.88 Å². The van der Waals surface area contributed by atoms with Crippen LogP contribution in [0.3, 0.4) is 0 Å². The van der Waals surface area contributed by atoms with Gasteiger partial charge in [-0.2, -0.15) is 13.2 Å². The summed E-state index contributed by atoms with van der Waals surface area (Å²) in [7, 11) is -4.18. The summed E-state index contributed by atoms with van der Waals surface area (Å²) in [5, 5.41) is 7.95. The minimum absolute atomic E-state index is 0.199. The van der Waals surface area contributed by atoms with Crippen LogP contribution in [0.1, 0.15) is 12.5 Å². The van der Waals surface area contributed by atoms with Gasteiger partial charge in [0.05, 0.1) is 22.8 Å². The van der Waals surface area contributed by atoms with Gasteiger partial charge < -0.3 is 4.74 Å². The monoisotopic (exact) mass is 423 g/mol. The van der Waals surface area contributed by atoms with Gasteiger partial charge in [-0.05, 0) is 43.3 Å². The Morgan fingerprint density at radius 2 is 1.72 bits per heavy atom. The molecule has 0 aliphatic rings. The molecule has 0 atom stereocenters. The quantitative estimate of drug-likeness (QED) is 0.637. The molecule has 0 saturated heterocycles. The van der Waals surface area contributed by atoms with Crippen molar-refractivity contribution in [1.82, 2.24) is 10.2 Å². The molecule has 1 N–H and O–H groups in total. The summed E-state index contributed by atoms with van der Waals surface area (Å²) in [5.41, 5.74) is 0.401. The van der Waals surface area contributed by atoms with Crippen LogP contribution in [0.2, 0.25) is 0 Å². The normalized spacial score (nSPS) is 11.9. The van der Waals surface area contributed by atoms with E-state index >= 15 is 0 Å². The molecule has 6 nitrogen and oxygen atoms in total. The topological polar surface area (TPSA) is 81.2 Å². The zero-order chi connectivity index (χ0) is 21.1. The van der Waals surface area contributed by atoms with Crippen LogP contribution in [0, 0.1) is 0 Å². The average molecular weight is 423 g/mol. The zero-order valence-corrected chi connectivity index (χ0v) is 16.0. The van der Waals surface area contributed by atoms with Crippen LogP contribution in [0.4, 0.5) is 18.9 Å². The van der Waals surface area contributed by atoms with Gasteiger partial charge in [-0.15, -0.1) is 10.2 Å². The molecule has 0 aliphatic carbocycles. The van der Waals surface area contributed by atoms with Crippen molar-refractivity contribution < 1.29 is 26.3 Å². The van der Waals surface area contributed by atoms with E-state index < -0.39 is 26.7 Å². The maximum atomic E-state index is 12.8. The van der Waals surface area contributed by atoms with E-state index in [0.29, 0.717) is 29.8 Å². The molecule has 10 heteroatoms. The first-order valence-corrected chi connectivity index (χ1v) is 9.94. The van der Waals surface area contributed by atoms with Gasteiger partial charge in [-0.25, -0.2) is 8.42 Å². The molecule has 0 saturated carbocycles. The van der Waals surface area contributed by atoms with Crippen LogP contribution >= 0.6 is 0 Å². The summed E-state index contributed by atoms with van der Waals surface area (Å²) in [6, 6.07) is 13.1. The van der Waals surface area contributed by atoms with E-state index in [-0.39, 0.29) is 5.69 Å². The molecule has 0 spiro atoms. The summed E-state index contributed by atoms with van der Waals surface area (Å²) in [6.07, 6.45) is -4.63. The summed E-state index contributed by atoms with van der Waals surface area (Å²) >= 11 is 0. The molecule has 0 aliphatic heterocycles. The van der Waals surface area contributed by atoms with Gasteiger partial charge in [0, 0.05) is 17.3 Å². The fourth-order valence-corrected chi connectivity index (χ4v) is 3.57. The number of sulfonamides is 1. The molecular weight excluding hydrogens is 407 g/mol. The summed E-state index contributed by atoms with van der Waals surface area (Å²) in [6.45, 7) is 2.30. The van der Waals surface area contributed by atoms with Crippen LogP contribution < -0.4 is 9.46 Å². The van der Waals surface area contributed by atoms with Gasteiger partial charge in [0.25, 0.3) is 10.0 Å². The van der Waals surface area contributed by atoms with Crippen LogP contribution in [0.15, 0.2) is 65.6 Å². The lowest BCUT2D eigenvalue weighted by atomic mass is 10.1. The number of halogens is 3. The number of nitrogens with one attached hydrogen (secondary N) is 1. The summed E-state index contributed by atoms with van der Waals surface area (Å²) in [5.74, 6) is 0.390. The molecule has 152 valence electrons. The molecule has 0 radical (unpaired) electrons. The first-order valence-electron chi connectivity index (χ1n) is 8.46. The Morgan fingerprint density at radius 3 is 2.31 bits per heavy atom. The highest BCUT2D eigenvalue weighted by Crippen LogP contribution is 2.31. The van der Waals surface area contributed by atoms with Crippen LogP contribution in [-0.4, -0.2) is 25.2 Å². The largest absolute Gasteiger partial charge is 0.477 e. The number of anilines is 1. The van der Waals surface area contributed by atoms with E-state index in [9.17, 15) is 21.6 Å². The van der Waals surface area contributed by atoms with Crippen molar-refractivity contribution >= 4 is 15.7 Å².